The zero-order valence-corrected chi connectivity index (χ0v) is 15.7. The molecule has 0 aliphatic heterocycles. The van der Waals surface area contributed by atoms with Crippen molar-refractivity contribution < 1.29 is 19.6 Å². The van der Waals surface area contributed by atoms with Gasteiger partial charge in [-0.2, -0.15) is 0 Å². The first kappa shape index (κ1) is 19.6. The van der Waals surface area contributed by atoms with E-state index < -0.39 is 16.7 Å². The highest BCUT2D eigenvalue weighted by Gasteiger charge is 2.53. The molecule has 0 amide bonds. The smallest absolute Gasteiger partial charge is 0.336 e. The van der Waals surface area contributed by atoms with Crippen LogP contribution in [0, 0.1) is 0 Å². The van der Waals surface area contributed by atoms with Crippen LogP contribution in [0.4, 0.5) is 0 Å². The van der Waals surface area contributed by atoms with Gasteiger partial charge in [-0.1, -0.05) is 48.5 Å². The van der Waals surface area contributed by atoms with E-state index in [-0.39, 0.29) is 14.2 Å². The molecular formula is C19H21O4PS. The number of aryl methyl sites for hydroxylation is 1. The Balaban J connectivity index is 2.25. The number of hydrogen-bond acceptors (Lipinski definition) is 4. The minimum atomic E-state index is -2.10. The Hall–Kier alpha value is -1.68. The normalized spacial score (nSPS) is 16.1. The van der Waals surface area contributed by atoms with Gasteiger partial charge >= 0.3 is 5.97 Å². The van der Waals surface area contributed by atoms with Crippen LogP contribution in [-0.2, 0) is 15.8 Å². The number of rotatable bonds is 9. The molecule has 0 aromatic heterocycles. The molecule has 2 atom stereocenters. The number of carbonyl (C=O) groups is 1. The van der Waals surface area contributed by atoms with Crippen LogP contribution >= 0.6 is 20.2 Å². The quantitative estimate of drug-likeness (QED) is 0.505. The largest absolute Gasteiger partial charge is 0.479 e. The first-order chi connectivity index (χ1) is 11.9. The van der Waals surface area contributed by atoms with Gasteiger partial charge in [-0.3, -0.25) is 4.57 Å². The molecule has 2 aromatic rings. The van der Waals surface area contributed by atoms with Gasteiger partial charge in [0.1, 0.15) is 0 Å². The van der Waals surface area contributed by atoms with Gasteiger partial charge < -0.3 is 10.2 Å². The predicted molar refractivity (Wildman–Crippen MR) is 101 cm³/mol. The van der Waals surface area contributed by atoms with Crippen molar-refractivity contribution in [2.24, 2.45) is 0 Å². The molecule has 0 radical (unpaired) electrons. The summed E-state index contributed by atoms with van der Waals surface area (Å²) in [6, 6.07) is 19.1. The molecule has 0 heterocycles. The first-order valence-electron chi connectivity index (χ1n) is 7.93. The van der Waals surface area contributed by atoms with Gasteiger partial charge in [0.15, 0.2) is 14.1 Å². The average Bonchev–Trinajstić information content (AvgIpc) is 2.63. The zero-order chi connectivity index (χ0) is 18.3. The van der Waals surface area contributed by atoms with Gasteiger partial charge in [0, 0.05) is 10.6 Å². The summed E-state index contributed by atoms with van der Waals surface area (Å²) in [5.74, 6) is -1.13. The van der Waals surface area contributed by atoms with Crippen LogP contribution in [-0.4, -0.2) is 32.7 Å². The Bertz CT molecular complexity index is 660. The number of benzene rings is 2. The van der Waals surface area contributed by atoms with E-state index in [9.17, 15) is 19.6 Å². The maximum atomic E-state index is 12.1. The summed E-state index contributed by atoms with van der Waals surface area (Å²) in [6.07, 6.45) is 0.829. The molecule has 0 saturated carbocycles. The topological polar surface area (TPSA) is 74.6 Å². The third-order valence-electron chi connectivity index (χ3n) is 4.39. The lowest BCUT2D eigenvalue weighted by Crippen LogP contribution is -2.55. The molecule has 0 bridgehead atoms. The summed E-state index contributed by atoms with van der Waals surface area (Å²) in [5.41, 5.74) is -1.09. The Morgan fingerprint density at radius 1 is 1.08 bits per heavy atom. The van der Waals surface area contributed by atoms with E-state index in [1.807, 2.05) is 60.7 Å². The van der Waals surface area contributed by atoms with E-state index in [1.165, 1.54) is 18.7 Å². The van der Waals surface area contributed by atoms with E-state index in [0.29, 0.717) is 12.8 Å². The number of aliphatic carboxylic acids is 1. The second-order valence-corrected chi connectivity index (χ2v) is 8.17. The van der Waals surface area contributed by atoms with E-state index in [1.54, 1.807) is 0 Å². The summed E-state index contributed by atoms with van der Waals surface area (Å²) in [5, 5.41) is 18.8. The number of thioether (sulfide) groups is 1. The summed E-state index contributed by atoms with van der Waals surface area (Å²) in [6.45, 7) is 1.23. The molecule has 2 unspecified atom stereocenters. The maximum Gasteiger partial charge on any atom is 0.336 e. The highest BCUT2D eigenvalue weighted by molar-refractivity contribution is 7.99. The molecule has 2 rings (SSSR count). The summed E-state index contributed by atoms with van der Waals surface area (Å²) >= 11 is 1.40. The lowest BCUT2D eigenvalue weighted by molar-refractivity contribution is -0.159. The van der Waals surface area contributed by atoms with Crippen molar-refractivity contribution >= 4 is 26.2 Å². The minimum absolute atomic E-state index is 0.230. The van der Waals surface area contributed by atoms with Gasteiger partial charge in [-0.15, -0.1) is 11.8 Å². The Labute approximate surface area is 153 Å². The molecular weight excluding hydrogens is 355 g/mol. The van der Waals surface area contributed by atoms with E-state index in [2.05, 4.69) is 0 Å². The highest BCUT2D eigenvalue weighted by Crippen LogP contribution is 2.43. The summed E-state index contributed by atoms with van der Waals surface area (Å²) < 4.78 is 12.1. The molecule has 4 nitrogen and oxygen atoms in total. The molecule has 25 heavy (non-hydrogen) atoms. The molecule has 0 aliphatic rings. The van der Waals surface area contributed by atoms with Crippen molar-refractivity contribution in [3.63, 3.8) is 0 Å². The highest BCUT2D eigenvalue weighted by atomic mass is 32.2. The Morgan fingerprint density at radius 2 is 1.64 bits per heavy atom. The van der Waals surface area contributed by atoms with Gasteiger partial charge in [0.2, 0.25) is 0 Å². The second-order valence-electron chi connectivity index (χ2n) is 6.09. The van der Waals surface area contributed by atoms with Gasteiger partial charge in [0.05, 0.1) is 5.16 Å². The fourth-order valence-electron chi connectivity index (χ4n) is 2.53. The Morgan fingerprint density at radius 3 is 2.16 bits per heavy atom. The lowest BCUT2D eigenvalue weighted by atomic mass is 9.84. The number of carboxylic acids is 1. The predicted octanol–water partition coefficient (Wildman–Crippen LogP) is 4.28. The first-order valence-corrected chi connectivity index (χ1v) is 9.73. The lowest BCUT2D eigenvalue weighted by Gasteiger charge is -2.37. The van der Waals surface area contributed by atoms with Crippen molar-refractivity contribution in [1.29, 1.82) is 0 Å². The monoisotopic (exact) mass is 376 g/mol. The van der Waals surface area contributed by atoms with E-state index >= 15 is 0 Å². The number of hydrogen-bond donors (Lipinski definition) is 2. The molecule has 0 fully saturated rings. The third-order valence-corrected chi connectivity index (χ3v) is 7.01. The third kappa shape index (κ3) is 4.69. The minimum Gasteiger partial charge on any atom is -0.479 e. The molecule has 132 valence electrons. The van der Waals surface area contributed by atoms with Gasteiger partial charge in [-0.05, 0) is 37.5 Å². The van der Waals surface area contributed by atoms with Crippen LogP contribution in [0.3, 0.4) is 0 Å². The standard InChI is InChI=1S/C19H21O4PS/c1-18(22,17(20)21)19(24-23,13-12-15-8-4-2-5-9-15)14-25-16-10-6-3-7-11-16/h2-11,22H,12-14H2,1H3,(H,20,21). The summed E-state index contributed by atoms with van der Waals surface area (Å²) in [7, 11) is -0.373. The molecule has 0 saturated heterocycles. The Kier molecular flexibility index (Phi) is 6.77. The fourth-order valence-corrected chi connectivity index (χ4v) is 4.59. The molecule has 0 spiro atoms. The molecule has 0 aliphatic carbocycles. The van der Waals surface area contributed by atoms with Gasteiger partial charge in [0.25, 0.3) is 0 Å². The van der Waals surface area contributed by atoms with Crippen LogP contribution in [0.2, 0.25) is 0 Å². The fraction of sp³-hybridized carbons (Fsp3) is 0.316. The van der Waals surface area contributed by atoms with Crippen LogP contribution in [0.5, 0.6) is 0 Å². The maximum absolute atomic E-state index is 12.1. The number of carboxylic acid groups (broad SMARTS) is 1. The van der Waals surface area contributed by atoms with E-state index in [4.69, 9.17) is 0 Å². The van der Waals surface area contributed by atoms with Crippen molar-refractivity contribution in [1.82, 2.24) is 0 Å². The van der Waals surface area contributed by atoms with Crippen molar-refractivity contribution in [3.8, 4) is 0 Å². The average molecular weight is 376 g/mol. The molecule has 2 aromatic carbocycles. The van der Waals surface area contributed by atoms with Crippen LogP contribution in [0.15, 0.2) is 65.6 Å². The van der Waals surface area contributed by atoms with Crippen LogP contribution in [0.1, 0.15) is 18.9 Å². The van der Waals surface area contributed by atoms with Crippen molar-refractivity contribution in [2.75, 3.05) is 5.75 Å². The van der Waals surface area contributed by atoms with Crippen LogP contribution < -0.4 is 0 Å². The number of aliphatic hydroxyl groups is 1. The SMILES string of the molecule is CC(O)(C(=O)O)C(CCc1ccccc1)(CSc1ccccc1)P=O. The zero-order valence-electron chi connectivity index (χ0n) is 14.0. The van der Waals surface area contributed by atoms with Crippen molar-refractivity contribution in [2.45, 2.75) is 35.4 Å². The second kappa shape index (κ2) is 8.61. The molecule has 6 heteroatoms. The van der Waals surface area contributed by atoms with Crippen molar-refractivity contribution in [3.05, 3.63) is 66.2 Å². The molecule has 2 N–H and O–H groups in total. The summed E-state index contributed by atoms with van der Waals surface area (Å²) in [4.78, 5) is 12.6. The van der Waals surface area contributed by atoms with Crippen LogP contribution in [0.25, 0.3) is 0 Å². The van der Waals surface area contributed by atoms with E-state index in [0.717, 1.165) is 10.5 Å². The van der Waals surface area contributed by atoms with Gasteiger partial charge in [-0.25, -0.2) is 4.79 Å².